The quantitative estimate of drug-likeness (QED) is 0.810. The Bertz CT molecular complexity index is 725. The molecule has 0 radical (unpaired) electrons. The maximum absolute atomic E-state index is 12.4. The molecule has 1 heterocycles. The lowest BCUT2D eigenvalue weighted by atomic mass is 10.3. The minimum Gasteiger partial charge on any atom is -0.332 e. The Morgan fingerprint density at radius 3 is 2.68 bits per heavy atom. The first-order chi connectivity index (χ1) is 12.1. The molecule has 2 aromatic rings. The summed E-state index contributed by atoms with van der Waals surface area (Å²) >= 11 is 3.23. The second-order valence-electron chi connectivity index (χ2n) is 6.21. The smallest absolute Gasteiger partial charge is 0.264 e. The number of carbonyl (C=O) groups excluding carboxylic acids is 2. The second-order valence-corrected chi connectivity index (χ2v) is 8.50. The normalized spacial score (nSPS) is 14.4. The number of rotatable bonds is 6. The molecule has 0 aliphatic heterocycles. The number of hydrogen-bond acceptors (Lipinski definition) is 4. The van der Waals surface area contributed by atoms with Crippen molar-refractivity contribution in [3.05, 3.63) is 46.7 Å². The predicted octanol–water partition coefficient (Wildman–Crippen LogP) is 4.49. The van der Waals surface area contributed by atoms with Crippen molar-refractivity contribution >= 4 is 40.6 Å². The van der Waals surface area contributed by atoms with Crippen LogP contribution in [0.5, 0.6) is 0 Å². The first kappa shape index (κ1) is 18.0. The van der Waals surface area contributed by atoms with Gasteiger partial charge in [-0.25, -0.2) is 0 Å². The summed E-state index contributed by atoms with van der Waals surface area (Å²) in [5, 5.41) is 5.46. The number of likely N-dealkylation sites (N-methyl/N-ethyl adjacent to an activating group) is 1. The molecule has 0 atom stereocenters. The van der Waals surface area contributed by atoms with E-state index in [1.165, 1.54) is 41.9 Å². The van der Waals surface area contributed by atoms with Crippen molar-refractivity contribution in [1.29, 1.82) is 0 Å². The highest BCUT2D eigenvalue weighted by Crippen LogP contribution is 2.37. The molecule has 25 heavy (non-hydrogen) atoms. The Morgan fingerprint density at radius 1 is 1.20 bits per heavy atom. The van der Waals surface area contributed by atoms with E-state index in [0.29, 0.717) is 10.1 Å². The summed E-state index contributed by atoms with van der Waals surface area (Å²) in [4.78, 5) is 27.8. The lowest BCUT2D eigenvalue weighted by molar-refractivity contribution is -0.116. The monoisotopic (exact) mass is 374 g/mol. The number of hydrogen-bond donors (Lipinski definition) is 1. The van der Waals surface area contributed by atoms with Crippen molar-refractivity contribution in [3.63, 3.8) is 0 Å². The fourth-order valence-electron chi connectivity index (χ4n) is 2.92. The van der Waals surface area contributed by atoms with Gasteiger partial charge in [-0.1, -0.05) is 31.0 Å². The fourth-order valence-corrected chi connectivity index (χ4v) is 4.97. The predicted molar refractivity (Wildman–Crippen MR) is 104 cm³/mol. The van der Waals surface area contributed by atoms with Crippen LogP contribution in [0.15, 0.2) is 46.7 Å². The molecule has 0 bridgehead atoms. The van der Waals surface area contributed by atoms with Gasteiger partial charge in [-0.05, 0) is 36.4 Å². The highest BCUT2D eigenvalue weighted by Gasteiger charge is 2.19. The van der Waals surface area contributed by atoms with Gasteiger partial charge in [-0.2, -0.15) is 0 Å². The maximum atomic E-state index is 12.4. The number of benzene rings is 1. The first-order valence-corrected chi connectivity index (χ1v) is 10.2. The van der Waals surface area contributed by atoms with E-state index in [1.54, 1.807) is 13.1 Å². The van der Waals surface area contributed by atoms with E-state index < -0.39 is 0 Å². The van der Waals surface area contributed by atoms with E-state index in [4.69, 9.17) is 0 Å². The number of nitrogens with one attached hydrogen (secondary N) is 1. The van der Waals surface area contributed by atoms with Crippen molar-refractivity contribution in [2.75, 3.05) is 18.9 Å². The lowest BCUT2D eigenvalue weighted by Crippen LogP contribution is -2.34. The van der Waals surface area contributed by atoms with Crippen molar-refractivity contribution in [2.24, 2.45) is 0 Å². The minimum absolute atomic E-state index is 0.0408. The lowest BCUT2D eigenvalue weighted by Gasteiger charge is -2.18. The topological polar surface area (TPSA) is 49.4 Å². The zero-order valence-corrected chi connectivity index (χ0v) is 15.9. The number of thiophene rings is 1. The molecule has 2 amide bonds. The molecular weight excluding hydrogens is 352 g/mol. The van der Waals surface area contributed by atoms with Gasteiger partial charge in [0, 0.05) is 17.2 Å². The molecule has 3 rings (SSSR count). The van der Waals surface area contributed by atoms with Crippen molar-refractivity contribution in [1.82, 2.24) is 4.90 Å². The fraction of sp³-hybridized carbons (Fsp3) is 0.368. The highest BCUT2D eigenvalue weighted by molar-refractivity contribution is 8.00. The Hall–Kier alpha value is -1.79. The molecule has 1 aliphatic carbocycles. The largest absolute Gasteiger partial charge is 0.332 e. The molecule has 1 saturated carbocycles. The summed E-state index contributed by atoms with van der Waals surface area (Å²) in [6, 6.07) is 11.5. The summed E-state index contributed by atoms with van der Waals surface area (Å²) < 4.78 is 0. The van der Waals surface area contributed by atoms with Gasteiger partial charge >= 0.3 is 0 Å². The third-order valence-corrected chi connectivity index (χ3v) is 6.49. The number of carbonyl (C=O) groups is 2. The molecule has 0 spiro atoms. The SMILES string of the molecule is CN(CC(=O)Nc1ccccc1SC1CCCC1)C(=O)c1cccs1. The molecule has 1 N–H and O–H groups in total. The van der Waals surface area contributed by atoms with Crippen LogP contribution in [0.1, 0.15) is 35.4 Å². The average molecular weight is 375 g/mol. The number of thioether (sulfide) groups is 1. The van der Waals surface area contributed by atoms with Gasteiger partial charge in [0.1, 0.15) is 0 Å². The van der Waals surface area contributed by atoms with Crippen LogP contribution in [-0.2, 0) is 4.79 Å². The molecule has 6 heteroatoms. The van der Waals surface area contributed by atoms with E-state index in [1.807, 2.05) is 41.4 Å². The Morgan fingerprint density at radius 2 is 1.96 bits per heavy atom. The molecule has 132 valence electrons. The minimum atomic E-state index is -0.174. The van der Waals surface area contributed by atoms with E-state index in [0.717, 1.165) is 10.6 Å². The third-order valence-electron chi connectivity index (χ3n) is 4.22. The van der Waals surface area contributed by atoms with Gasteiger partial charge < -0.3 is 10.2 Å². The Kier molecular flexibility index (Phi) is 6.15. The van der Waals surface area contributed by atoms with Crippen molar-refractivity contribution in [3.8, 4) is 0 Å². The van der Waals surface area contributed by atoms with Crippen LogP contribution in [0.3, 0.4) is 0 Å². The molecule has 1 aliphatic rings. The van der Waals surface area contributed by atoms with Gasteiger partial charge in [0.2, 0.25) is 5.91 Å². The van der Waals surface area contributed by atoms with E-state index in [2.05, 4.69) is 11.4 Å². The zero-order chi connectivity index (χ0) is 17.6. The van der Waals surface area contributed by atoms with Crippen LogP contribution >= 0.6 is 23.1 Å². The third kappa shape index (κ3) is 4.86. The van der Waals surface area contributed by atoms with Gasteiger partial charge in [-0.15, -0.1) is 23.1 Å². The molecule has 4 nitrogen and oxygen atoms in total. The number of nitrogens with zero attached hydrogens (tertiary/aromatic N) is 1. The van der Waals surface area contributed by atoms with E-state index in [9.17, 15) is 9.59 Å². The standard InChI is InChI=1S/C19H22N2O2S2/c1-21(19(23)17-11-6-12-24-17)13-18(22)20-15-9-4-5-10-16(15)25-14-7-2-3-8-14/h4-6,9-12,14H,2-3,7-8,13H2,1H3,(H,20,22). The van der Waals surface area contributed by atoms with Crippen molar-refractivity contribution < 1.29 is 9.59 Å². The van der Waals surface area contributed by atoms with E-state index >= 15 is 0 Å². The Labute approximate surface area is 156 Å². The van der Waals surface area contributed by atoms with Crippen molar-refractivity contribution in [2.45, 2.75) is 35.8 Å². The molecule has 0 saturated heterocycles. The van der Waals surface area contributed by atoms with Crippen LogP contribution in [-0.4, -0.2) is 35.6 Å². The summed E-state index contributed by atoms with van der Waals surface area (Å²) in [6.07, 6.45) is 5.07. The maximum Gasteiger partial charge on any atom is 0.264 e. The number of para-hydroxylation sites is 1. The Balaban J connectivity index is 1.60. The summed E-state index contributed by atoms with van der Waals surface area (Å²) in [6.45, 7) is 0.0408. The van der Waals surface area contributed by atoms with Gasteiger partial charge in [-0.3, -0.25) is 9.59 Å². The van der Waals surface area contributed by atoms with Crippen LogP contribution in [0.25, 0.3) is 0 Å². The van der Waals surface area contributed by atoms with Gasteiger partial charge in [0.15, 0.2) is 0 Å². The molecule has 1 aromatic carbocycles. The number of anilines is 1. The molecule has 1 fully saturated rings. The first-order valence-electron chi connectivity index (χ1n) is 8.48. The van der Waals surface area contributed by atoms with Crippen LogP contribution in [0, 0.1) is 0 Å². The second kappa shape index (κ2) is 8.54. The van der Waals surface area contributed by atoms with Gasteiger partial charge in [0.25, 0.3) is 5.91 Å². The van der Waals surface area contributed by atoms with Gasteiger partial charge in [0.05, 0.1) is 17.1 Å². The summed E-state index contributed by atoms with van der Waals surface area (Å²) in [7, 11) is 1.65. The molecular formula is C19H22N2O2S2. The summed E-state index contributed by atoms with van der Waals surface area (Å²) in [5.41, 5.74) is 0.835. The average Bonchev–Trinajstić information content (AvgIpc) is 3.29. The number of amides is 2. The van der Waals surface area contributed by atoms with Crippen LogP contribution in [0.2, 0.25) is 0 Å². The molecule has 1 aromatic heterocycles. The van der Waals surface area contributed by atoms with Crippen LogP contribution < -0.4 is 5.32 Å². The zero-order valence-electron chi connectivity index (χ0n) is 14.2. The van der Waals surface area contributed by atoms with E-state index in [-0.39, 0.29) is 18.4 Å². The highest BCUT2D eigenvalue weighted by atomic mass is 32.2. The summed E-state index contributed by atoms with van der Waals surface area (Å²) in [5.74, 6) is -0.300. The van der Waals surface area contributed by atoms with Crippen LogP contribution in [0.4, 0.5) is 5.69 Å². The molecule has 0 unspecified atom stereocenters.